The Labute approximate surface area is 147 Å². The van der Waals surface area contributed by atoms with Gasteiger partial charge in [-0.25, -0.2) is 0 Å². The van der Waals surface area contributed by atoms with Crippen LogP contribution in [0.2, 0.25) is 0 Å². The van der Waals surface area contributed by atoms with Crippen LogP contribution in [0, 0.1) is 0 Å². The van der Waals surface area contributed by atoms with Gasteiger partial charge in [0.05, 0.1) is 11.8 Å². The Bertz CT molecular complexity index is 801. The Hall–Kier alpha value is -2.77. The third kappa shape index (κ3) is 3.89. The quantitative estimate of drug-likeness (QED) is 0.902. The molecule has 1 aromatic heterocycles. The second kappa shape index (κ2) is 7.23. The van der Waals surface area contributed by atoms with Crippen LogP contribution in [0.25, 0.3) is 0 Å². The smallest absolute Gasteiger partial charge is 0.416 e. The lowest BCUT2D eigenvalue weighted by Gasteiger charge is -2.30. The molecule has 5 nitrogen and oxygen atoms in total. The van der Waals surface area contributed by atoms with Crippen LogP contribution in [0.1, 0.15) is 34.5 Å². The van der Waals surface area contributed by atoms with Crippen molar-refractivity contribution in [2.24, 2.45) is 0 Å². The lowest BCUT2D eigenvalue weighted by atomic mass is 9.98. The molecule has 0 aliphatic carbocycles. The zero-order valence-corrected chi connectivity index (χ0v) is 13.8. The van der Waals surface area contributed by atoms with Crippen molar-refractivity contribution in [3.63, 3.8) is 0 Å². The standard InChI is InChI=1S/C18H17F3N2O3/c19-18(20,21)13-5-6-14-12(11-13)3-1-9-23(14)16(24)7-8-22-17(25)15-4-2-10-26-15/h2,4-6,10-11H,1,3,7-9H2,(H,22,25). The number of nitrogens with one attached hydrogen (secondary N) is 1. The number of hydrogen-bond donors (Lipinski definition) is 1. The summed E-state index contributed by atoms with van der Waals surface area (Å²) in [6.07, 6.45) is -1.89. The third-order valence-electron chi connectivity index (χ3n) is 4.20. The predicted molar refractivity (Wildman–Crippen MR) is 87.8 cm³/mol. The van der Waals surface area contributed by atoms with E-state index in [1.54, 1.807) is 6.07 Å². The SMILES string of the molecule is O=C(NCCC(=O)N1CCCc2cc(C(F)(F)F)ccc21)c1ccco1. The summed E-state index contributed by atoms with van der Waals surface area (Å²) in [5, 5.41) is 2.58. The van der Waals surface area contributed by atoms with Gasteiger partial charge in [0.25, 0.3) is 5.91 Å². The molecular weight excluding hydrogens is 349 g/mol. The fraction of sp³-hybridized carbons (Fsp3) is 0.333. The zero-order valence-electron chi connectivity index (χ0n) is 13.8. The summed E-state index contributed by atoms with van der Waals surface area (Å²) < 4.78 is 43.5. The number of nitrogens with zero attached hydrogens (tertiary/aromatic N) is 1. The van der Waals surface area contributed by atoms with Crippen LogP contribution in [0.3, 0.4) is 0 Å². The van der Waals surface area contributed by atoms with Gasteiger partial charge < -0.3 is 14.6 Å². The van der Waals surface area contributed by atoms with Crippen molar-refractivity contribution in [2.45, 2.75) is 25.4 Å². The zero-order chi connectivity index (χ0) is 18.7. The number of furan rings is 1. The maximum Gasteiger partial charge on any atom is 0.416 e. The highest BCUT2D eigenvalue weighted by Crippen LogP contribution is 2.35. The normalized spacial score (nSPS) is 14.0. The Morgan fingerprint density at radius 3 is 2.73 bits per heavy atom. The summed E-state index contributed by atoms with van der Waals surface area (Å²) in [6.45, 7) is 0.564. The number of alkyl halides is 3. The molecule has 1 aliphatic heterocycles. The molecule has 2 aromatic rings. The van der Waals surface area contributed by atoms with E-state index >= 15 is 0 Å². The predicted octanol–water partition coefficient (Wildman–Crippen LogP) is 3.40. The van der Waals surface area contributed by atoms with E-state index in [4.69, 9.17) is 4.42 Å². The molecule has 0 bridgehead atoms. The molecule has 0 saturated carbocycles. The molecular formula is C18H17F3N2O3. The molecule has 0 unspecified atom stereocenters. The third-order valence-corrected chi connectivity index (χ3v) is 4.20. The summed E-state index contributed by atoms with van der Waals surface area (Å²) in [4.78, 5) is 25.7. The van der Waals surface area contributed by atoms with Crippen molar-refractivity contribution in [2.75, 3.05) is 18.0 Å². The fourth-order valence-corrected chi connectivity index (χ4v) is 2.95. The molecule has 0 atom stereocenters. The van der Waals surface area contributed by atoms with E-state index in [1.807, 2.05) is 0 Å². The Morgan fingerprint density at radius 1 is 1.23 bits per heavy atom. The molecule has 2 amide bonds. The number of halogens is 3. The van der Waals surface area contributed by atoms with E-state index < -0.39 is 17.6 Å². The molecule has 3 rings (SSSR count). The highest BCUT2D eigenvalue weighted by atomic mass is 19.4. The van der Waals surface area contributed by atoms with Gasteiger partial charge in [0.1, 0.15) is 0 Å². The topological polar surface area (TPSA) is 62.6 Å². The average Bonchev–Trinajstić information content (AvgIpc) is 3.14. The van der Waals surface area contributed by atoms with E-state index in [9.17, 15) is 22.8 Å². The Kier molecular flexibility index (Phi) is 5.01. The summed E-state index contributed by atoms with van der Waals surface area (Å²) in [6, 6.07) is 6.53. The number of hydrogen-bond acceptors (Lipinski definition) is 3. The molecule has 8 heteroatoms. The first-order valence-corrected chi connectivity index (χ1v) is 8.18. The van der Waals surface area contributed by atoms with Crippen LogP contribution in [0.15, 0.2) is 41.0 Å². The van der Waals surface area contributed by atoms with Crippen molar-refractivity contribution in [3.05, 3.63) is 53.5 Å². The second-order valence-electron chi connectivity index (χ2n) is 5.97. The van der Waals surface area contributed by atoms with Crippen molar-refractivity contribution in [3.8, 4) is 0 Å². The number of benzene rings is 1. The molecule has 0 saturated heterocycles. The highest BCUT2D eigenvalue weighted by Gasteiger charge is 2.32. The maximum atomic E-state index is 12.8. The minimum absolute atomic E-state index is 0.0485. The maximum absolute atomic E-state index is 12.8. The number of carbonyl (C=O) groups is 2. The number of amides is 2. The number of fused-ring (bicyclic) bond motifs is 1. The van der Waals surface area contributed by atoms with Crippen molar-refractivity contribution < 1.29 is 27.2 Å². The molecule has 1 aliphatic rings. The largest absolute Gasteiger partial charge is 0.459 e. The van der Waals surface area contributed by atoms with Gasteiger partial charge in [0, 0.05) is 25.2 Å². The number of anilines is 1. The first-order chi connectivity index (χ1) is 12.4. The fourth-order valence-electron chi connectivity index (χ4n) is 2.95. The molecule has 0 fully saturated rings. The second-order valence-corrected chi connectivity index (χ2v) is 5.97. The summed E-state index contributed by atoms with van der Waals surface area (Å²) in [7, 11) is 0. The van der Waals surface area contributed by atoms with E-state index in [0.717, 1.165) is 12.1 Å². The first-order valence-electron chi connectivity index (χ1n) is 8.18. The van der Waals surface area contributed by atoms with Crippen molar-refractivity contribution in [1.82, 2.24) is 5.32 Å². The van der Waals surface area contributed by atoms with Crippen LogP contribution in [0.5, 0.6) is 0 Å². The van der Waals surface area contributed by atoms with Gasteiger partial charge in [-0.05, 0) is 48.7 Å². The summed E-state index contributed by atoms with van der Waals surface area (Å²) in [5.74, 6) is -0.512. The van der Waals surface area contributed by atoms with Gasteiger partial charge >= 0.3 is 6.18 Å². The molecule has 0 radical (unpaired) electrons. The molecule has 26 heavy (non-hydrogen) atoms. The highest BCUT2D eigenvalue weighted by molar-refractivity contribution is 5.95. The van der Waals surface area contributed by atoms with E-state index in [-0.39, 0.29) is 24.6 Å². The summed E-state index contributed by atoms with van der Waals surface area (Å²) >= 11 is 0. The number of aryl methyl sites for hydroxylation is 1. The molecule has 1 aromatic carbocycles. The van der Waals surface area contributed by atoms with Crippen LogP contribution >= 0.6 is 0 Å². The Balaban J connectivity index is 1.63. The van der Waals surface area contributed by atoms with Gasteiger partial charge in [0.2, 0.25) is 5.91 Å². The van der Waals surface area contributed by atoms with Crippen LogP contribution in [0.4, 0.5) is 18.9 Å². The van der Waals surface area contributed by atoms with Gasteiger partial charge in [-0.1, -0.05) is 0 Å². The van der Waals surface area contributed by atoms with Crippen LogP contribution in [-0.4, -0.2) is 24.9 Å². The van der Waals surface area contributed by atoms with Crippen molar-refractivity contribution >= 4 is 17.5 Å². The lowest BCUT2D eigenvalue weighted by molar-refractivity contribution is -0.137. The van der Waals surface area contributed by atoms with E-state index in [1.165, 1.54) is 23.3 Å². The molecule has 1 N–H and O–H groups in total. The molecule has 0 spiro atoms. The minimum Gasteiger partial charge on any atom is -0.459 e. The number of rotatable bonds is 4. The molecule has 2 heterocycles. The first kappa shape index (κ1) is 18.0. The minimum atomic E-state index is -4.41. The van der Waals surface area contributed by atoms with E-state index in [0.29, 0.717) is 30.6 Å². The van der Waals surface area contributed by atoms with Crippen molar-refractivity contribution in [1.29, 1.82) is 0 Å². The van der Waals surface area contributed by atoms with Gasteiger partial charge in [-0.3, -0.25) is 9.59 Å². The van der Waals surface area contributed by atoms with Gasteiger partial charge in [-0.2, -0.15) is 13.2 Å². The van der Waals surface area contributed by atoms with Crippen LogP contribution < -0.4 is 10.2 Å². The molecule has 138 valence electrons. The van der Waals surface area contributed by atoms with Gasteiger partial charge in [0.15, 0.2) is 5.76 Å². The van der Waals surface area contributed by atoms with Gasteiger partial charge in [-0.15, -0.1) is 0 Å². The number of carbonyl (C=O) groups excluding carboxylic acids is 2. The van der Waals surface area contributed by atoms with E-state index in [2.05, 4.69) is 5.32 Å². The monoisotopic (exact) mass is 366 g/mol. The average molecular weight is 366 g/mol. The van der Waals surface area contributed by atoms with Crippen LogP contribution in [-0.2, 0) is 17.4 Å². The lowest BCUT2D eigenvalue weighted by Crippen LogP contribution is -2.37. The Morgan fingerprint density at radius 2 is 2.04 bits per heavy atom. The summed E-state index contributed by atoms with van der Waals surface area (Å²) in [5.41, 5.74) is 0.307.